The van der Waals surface area contributed by atoms with Crippen LogP contribution in [-0.4, -0.2) is 23.6 Å². The molecule has 0 aromatic heterocycles. The zero-order valence-corrected chi connectivity index (χ0v) is 12.3. The Labute approximate surface area is 114 Å². The van der Waals surface area contributed by atoms with Gasteiger partial charge in [-0.2, -0.15) is 0 Å². The number of hydrogen-bond donors (Lipinski definition) is 0. The third-order valence-corrected chi connectivity index (χ3v) is 4.89. The van der Waals surface area contributed by atoms with Crippen LogP contribution in [0.2, 0.25) is 0 Å². The topological polar surface area (TPSA) is 52.6 Å². The first kappa shape index (κ1) is 14.4. The second-order valence-electron chi connectivity index (χ2n) is 6.47. The van der Waals surface area contributed by atoms with E-state index in [2.05, 4.69) is 0 Å². The summed E-state index contributed by atoms with van der Waals surface area (Å²) in [5.41, 5.74) is -1.24. The zero-order chi connectivity index (χ0) is 14.3. The average molecular weight is 268 g/mol. The van der Waals surface area contributed by atoms with Crippen molar-refractivity contribution < 1.29 is 19.1 Å². The second kappa shape index (κ2) is 4.80. The number of hydrogen-bond acceptors (Lipinski definition) is 4. The van der Waals surface area contributed by atoms with E-state index in [0.29, 0.717) is 0 Å². The fourth-order valence-electron chi connectivity index (χ4n) is 2.89. The minimum atomic E-state index is -0.723. The average Bonchev–Trinajstić information content (AvgIpc) is 2.63. The number of carbonyl (C=O) groups excluding carboxylic acids is 2. The molecule has 1 saturated heterocycles. The van der Waals surface area contributed by atoms with Gasteiger partial charge in [0.05, 0.1) is 11.3 Å². The Bertz CT molecular complexity index is 388. The lowest BCUT2D eigenvalue weighted by Crippen LogP contribution is -2.51. The molecule has 2 fully saturated rings. The predicted octanol–water partition coefficient (Wildman–Crippen LogP) is 2.84. The van der Waals surface area contributed by atoms with Crippen molar-refractivity contribution in [3.05, 3.63) is 0 Å². The van der Waals surface area contributed by atoms with Gasteiger partial charge in [0.1, 0.15) is 6.10 Å². The molecule has 19 heavy (non-hydrogen) atoms. The Balaban J connectivity index is 2.23. The molecule has 4 heteroatoms. The molecule has 1 heterocycles. The van der Waals surface area contributed by atoms with Crippen LogP contribution < -0.4 is 0 Å². The smallest absolute Gasteiger partial charge is 0.313 e. The van der Waals surface area contributed by atoms with E-state index in [4.69, 9.17) is 9.47 Å². The third-order valence-electron chi connectivity index (χ3n) is 4.89. The number of rotatable bonds is 3. The van der Waals surface area contributed by atoms with Gasteiger partial charge in [0.2, 0.25) is 0 Å². The fraction of sp³-hybridized carbons (Fsp3) is 0.867. The lowest BCUT2D eigenvalue weighted by molar-refractivity contribution is -0.185. The van der Waals surface area contributed by atoms with Gasteiger partial charge in [0.15, 0.2) is 5.60 Å². The summed E-state index contributed by atoms with van der Waals surface area (Å²) in [7, 11) is 0. The lowest BCUT2D eigenvalue weighted by Gasteiger charge is -2.40. The van der Waals surface area contributed by atoms with Crippen LogP contribution in [-0.2, 0) is 19.1 Å². The highest BCUT2D eigenvalue weighted by Crippen LogP contribution is 2.46. The second-order valence-corrected chi connectivity index (χ2v) is 6.47. The molecule has 4 nitrogen and oxygen atoms in total. The van der Waals surface area contributed by atoms with Crippen molar-refractivity contribution in [2.45, 2.75) is 71.5 Å². The summed E-state index contributed by atoms with van der Waals surface area (Å²) < 4.78 is 11.3. The Morgan fingerprint density at radius 1 is 1.47 bits per heavy atom. The molecule has 3 atom stereocenters. The SMILES string of the molecule is CCC(C)(C)C(=O)OC12CCCCC1OC(=O)C2C. The first-order valence-corrected chi connectivity index (χ1v) is 7.27. The quantitative estimate of drug-likeness (QED) is 0.739. The molecule has 0 amide bonds. The van der Waals surface area contributed by atoms with Gasteiger partial charge in [-0.05, 0) is 52.9 Å². The molecule has 108 valence electrons. The van der Waals surface area contributed by atoms with E-state index >= 15 is 0 Å². The summed E-state index contributed by atoms with van der Waals surface area (Å²) in [6.07, 6.45) is 4.01. The van der Waals surface area contributed by atoms with E-state index in [-0.39, 0.29) is 24.0 Å². The van der Waals surface area contributed by atoms with Gasteiger partial charge in [-0.3, -0.25) is 9.59 Å². The lowest BCUT2D eigenvalue weighted by atomic mass is 9.75. The van der Waals surface area contributed by atoms with Gasteiger partial charge in [-0.25, -0.2) is 0 Å². The molecular formula is C15H24O4. The van der Waals surface area contributed by atoms with Gasteiger partial charge < -0.3 is 9.47 Å². The van der Waals surface area contributed by atoms with Crippen molar-refractivity contribution in [1.82, 2.24) is 0 Å². The molecule has 0 spiro atoms. The van der Waals surface area contributed by atoms with Crippen LogP contribution >= 0.6 is 0 Å². The molecule has 2 aliphatic rings. The summed E-state index contributed by atoms with van der Waals surface area (Å²) >= 11 is 0. The van der Waals surface area contributed by atoms with Crippen LogP contribution in [0.1, 0.15) is 59.8 Å². The van der Waals surface area contributed by atoms with Crippen LogP contribution in [0.4, 0.5) is 0 Å². The van der Waals surface area contributed by atoms with Gasteiger partial charge in [-0.15, -0.1) is 0 Å². The number of ether oxygens (including phenoxy) is 2. The standard InChI is InChI=1S/C15H24O4/c1-5-14(3,4)13(17)19-15-9-7-6-8-11(15)18-12(16)10(15)2/h10-11H,5-9H2,1-4H3. The minimum absolute atomic E-state index is 0.216. The van der Waals surface area contributed by atoms with Crippen molar-refractivity contribution in [1.29, 1.82) is 0 Å². The van der Waals surface area contributed by atoms with Crippen molar-refractivity contribution in [3.63, 3.8) is 0 Å². The van der Waals surface area contributed by atoms with Crippen molar-refractivity contribution >= 4 is 11.9 Å². The largest absolute Gasteiger partial charge is 0.458 e. The highest BCUT2D eigenvalue weighted by molar-refractivity contribution is 5.80. The molecule has 0 aromatic carbocycles. The van der Waals surface area contributed by atoms with Gasteiger partial charge in [-0.1, -0.05) is 6.92 Å². The first-order chi connectivity index (χ1) is 8.83. The Morgan fingerprint density at radius 3 is 2.79 bits per heavy atom. The highest BCUT2D eigenvalue weighted by atomic mass is 16.6. The van der Waals surface area contributed by atoms with Crippen molar-refractivity contribution in [3.8, 4) is 0 Å². The fourth-order valence-corrected chi connectivity index (χ4v) is 2.89. The van der Waals surface area contributed by atoms with Crippen LogP contribution in [0.25, 0.3) is 0 Å². The molecular weight excluding hydrogens is 244 g/mol. The molecule has 1 aliphatic carbocycles. The van der Waals surface area contributed by atoms with E-state index in [1.807, 2.05) is 27.7 Å². The minimum Gasteiger partial charge on any atom is -0.458 e. The van der Waals surface area contributed by atoms with Gasteiger partial charge >= 0.3 is 11.9 Å². The molecule has 0 bridgehead atoms. The maximum absolute atomic E-state index is 12.4. The number of esters is 2. The predicted molar refractivity (Wildman–Crippen MR) is 70.4 cm³/mol. The van der Waals surface area contributed by atoms with E-state index in [1.165, 1.54) is 0 Å². The van der Waals surface area contributed by atoms with Crippen molar-refractivity contribution in [2.24, 2.45) is 11.3 Å². The molecule has 0 aromatic rings. The van der Waals surface area contributed by atoms with E-state index in [0.717, 1.165) is 32.1 Å². The monoisotopic (exact) mass is 268 g/mol. The van der Waals surface area contributed by atoms with E-state index in [9.17, 15) is 9.59 Å². The molecule has 3 unspecified atom stereocenters. The molecule has 1 saturated carbocycles. The summed E-state index contributed by atoms with van der Waals surface area (Å²) in [5, 5.41) is 0. The normalized spacial score (nSPS) is 34.6. The number of carbonyl (C=O) groups is 2. The summed E-state index contributed by atoms with van der Waals surface area (Å²) in [4.78, 5) is 24.2. The van der Waals surface area contributed by atoms with E-state index in [1.54, 1.807) is 0 Å². The van der Waals surface area contributed by atoms with E-state index < -0.39 is 11.0 Å². The highest BCUT2D eigenvalue weighted by Gasteiger charge is 2.59. The Hall–Kier alpha value is -1.06. The maximum Gasteiger partial charge on any atom is 0.313 e. The van der Waals surface area contributed by atoms with Crippen LogP contribution in [0.5, 0.6) is 0 Å². The summed E-state index contributed by atoms with van der Waals surface area (Å²) in [5.74, 6) is -0.796. The molecule has 1 aliphatic heterocycles. The van der Waals surface area contributed by atoms with Gasteiger partial charge in [0, 0.05) is 0 Å². The molecule has 0 radical (unpaired) electrons. The first-order valence-electron chi connectivity index (χ1n) is 7.27. The third kappa shape index (κ3) is 2.26. The summed E-state index contributed by atoms with van der Waals surface area (Å²) in [6.45, 7) is 7.55. The van der Waals surface area contributed by atoms with Gasteiger partial charge in [0.25, 0.3) is 0 Å². The Morgan fingerprint density at radius 2 is 2.16 bits per heavy atom. The summed E-state index contributed by atoms with van der Waals surface area (Å²) in [6, 6.07) is 0. The van der Waals surface area contributed by atoms with Crippen LogP contribution in [0, 0.1) is 11.3 Å². The van der Waals surface area contributed by atoms with Crippen molar-refractivity contribution in [2.75, 3.05) is 0 Å². The Kier molecular flexibility index (Phi) is 3.63. The van der Waals surface area contributed by atoms with Crippen LogP contribution in [0.15, 0.2) is 0 Å². The maximum atomic E-state index is 12.4. The molecule has 0 N–H and O–H groups in total. The zero-order valence-electron chi connectivity index (χ0n) is 12.3. The number of fused-ring (bicyclic) bond motifs is 1. The molecule has 2 rings (SSSR count). The van der Waals surface area contributed by atoms with Crippen LogP contribution in [0.3, 0.4) is 0 Å².